The standard InChI is InChI=1S/C12H20BrNO/c1-2-12(7-8-12)11(15)14-10-6-4-3-5-9(10)13/h9-10H,2-8H2,1H3,(H,14,15). The van der Waals surface area contributed by atoms with Crippen LogP contribution in [0.5, 0.6) is 0 Å². The van der Waals surface area contributed by atoms with E-state index >= 15 is 0 Å². The molecule has 1 amide bonds. The quantitative estimate of drug-likeness (QED) is 0.787. The summed E-state index contributed by atoms with van der Waals surface area (Å²) >= 11 is 3.68. The van der Waals surface area contributed by atoms with E-state index in [-0.39, 0.29) is 5.41 Å². The van der Waals surface area contributed by atoms with Gasteiger partial charge in [0.25, 0.3) is 0 Å². The third kappa shape index (κ3) is 2.38. The molecule has 2 saturated carbocycles. The molecule has 0 bridgehead atoms. The summed E-state index contributed by atoms with van der Waals surface area (Å²) in [5, 5.41) is 3.24. The van der Waals surface area contributed by atoms with Crippen LogP contribution in [0.4, 0.5) is 0 Å². The second-order valence-corrected chi connectivity index (χ2v) is 6.19. The number of hydrogen-bond donors (Lipinski definition) is 1. The van der Waals surface area contributed by atoms with Gasteiger partial charge in [-0.2, -0.15) is 0 Å². The van der Waals surface area contributed by atoms with Gasteiger partial charge in [-0.15, -0.1) is 0 Å². The van der Waals surface area contributed by atoms with Crippen molar-refractivity contribution in [2.45, 2.75) is 62.7 Å². The molecular formula is C12H20BrNO. The fraction of sp³-hybridized carbons (Fsp3) is 0.917. The van der Waals surface area contributed by atoms with Crippen molar-refractivity contribution in [3.63, 3.8) is 0 Å². The Morgan fingerprint density at radius 1 is 1.40 bits per heavy atom. The van der Waals surface area contributed by atoms with E-state index in [0.29, 0.717) is 16.8 Å². The Morgan fingerprint density at radius 2 is 2.07 bits per heavy atom. The maximum absolute atomic E-state index is 12.0. The zero-order valence-electron chi connectivity index (χ0n) is 9.39. The zero-order chi connectivity index (χ0) is 10.9. The van der Waals surface area contributed by atoms with Gasteiger partial charge in [0.1, 0.15) is 0 Å². The summed E-state index contributed by atoms with van der Waals surface area (Å²) in [5.74, 6) is 0.307. The fourth-order valence-electron chi connectivity index (χ4n) is 2.46. The first kappa shape index (κ1) is 11.4. The molecule has 0 saturated heterocycles. The molecule has 0 radical (unpaired) electrons. The van der Waals surface area contributed by atoms with Crippen LogP contribution in [0.1, 0.15) is 51.9 Å². The molecule has 2 fully saturated rings. The van der Waals surface area contributed by atoms with Crippen molar-refractivity contribution >= 4 is 21.8 Å². The summed E-state index contributed by atoms with van der Waals surface area (Å²) < 4.78 is 0. The summed E-state index contributed by atoms with van der Waals surface area (Å²) in [7, 11) is 0. The summed E-state index contributed by atoms with van der Waals surface area (Å²) in [4.78, 5) is 12.5. The molecule has 2 atom stereocenters. The molecule has 1 N–H and O–H groups in total. The molecule has 0 aromatic carbocycles. The van der Waals surface area contributed by atoms with Crippen molar-refractivity contribution in [3.8, 4) is 0 Å². The van der Waals surface area contributed by atoms with Crippen LogP contribution in [0.2, 0.25) is 0 Å². The van der Waals surface area contributed by atoms with Crippen LogP contribution in [0.15, 0.2) is 0 Å². The van der Waals surface area contributed by atoms with Gasteiger partial charge in [-0.05, 0) is 32.1 Å². The summed E-state index contributed by atoms with van der Waals surface area (Å²) in [6.45, 7) is 2.12. The van der Waals surface area contributed by atoms with E-state index in [1.807, 2.05) is 0 Å². The van der Waals surface area contributed by atoms with Crippen molar-refractivity contribution in [2.75, 3.05) is 0 Å². The van der Waals surface area contributed by atoms with Crippen LogP contribution >= 0.6 is 15.9 Å². The number of carbonyl (C=O) groups is 1. The Balaban J connectivity index is 1.88. The van der Waals surface area contributed by atoms with Gasteiger partial charge in [0, 0.05) is 16.3 Å². The SMILES string of the molecule is CCC1(C(=O)NC2CCCCC2Br)CC1. The van der Waals surface area contributed by atoms with Gasteiger partial charge in [0.2, 0.25) is 5.91 Å². The monoisotopic (exact) mass is 273 g/mol. The summed E-state index contributed by atoms with van der Waals surface area (Å²) in [5.41, 5.74) is 0.0180. The van der Waals surface area contributed by atoms with E-state index < -0.39 is 0 Å². The highest BCUT2D eigenvalue weighted by Crippen LogP contribution is 2.49. The topological polar surface area (TPSA) is 29.1 Å². The van der Waals surface area contributed by atoms with E-state index in [9.17, 15) is 4.79 Å². The van der Waals surface area contributed by atoms with Crippen LogP contribution in [-0.4, -0.2) is 16.8 Å². The van der Waals surface area contributed by atoms with Crippen LogP contribution in [-0.2, 0) is 4.79 Å². The van der Waals surface area contributed by atoms with E-state index in [1.54, 1.807) is 0 Å². The Bertz CT molecular complexity index is 250. The first-order valence-corrected chi connectivity index (χ1v) is 7.04. The fourth-order valence-corrected chi connectivity index (χ4v) is 3.18. The molecule has 0 aromatic heterocycles. The van der Waals surface area contributed by atoms with Crippen LogP contribution in [0, 0.1) is 5.41 Å². The Kier molecular flexibility index (Phi) is 3.39. The molecule has 2 nitrogen and oxygen atoms in total. The largest absolute Gasteiger partial charge is 0.352 e. The lowest BCUT2D eigenvalue weighted by Gasteiger charge is -2.29. The van der Waals surface area contributed by atoms with Gasteiger partial charge in [-0.3, -0.25) is 4.79 Å². The first-order valence-electron chi connectivity index (χ1n) is 6.13. The second-order valence-electron chi connectivity index (χ2n) is 5.01. The maximum Gasteiger partial charge on any atom is 0.226 e. The van der Waals surface area contributed by atoms with Gasteiger partial charge in [-0.25, -0.2) is 0 Å². The number of halogens is 1. The van der Waals surface area contributed by atoms with E-state index in [0.717, 1.165) is 25.7 Å². The number of rotatable bonds is 3. The lowest BCUT2D eigenvalue weighted by atomic mass is 9.94. The highest BCUT2D eigenvalue weighted by molar-refractivity contribution is 9.09. The van der Waals surface area contributed by atoms with Crippen LogP contribution in [0.25, 0.3) is 0 Å². The van der Waals surface area contributed by atoms with Crippen molar-refractivity contribution in [3.05, 3.63) is 0 Å². The van der Waals surface area contributed by atoms with Crippen LogP contribution < -0.4 is 5.32 Å². The molecule has 2 aliphatic carbocycles. The van der Waals surface area contributed by atoms with Crippen molar-refractivity contribution in [2.24, 2.45) is 5.41 Å². The van der Waals surface area contributed by atoms with E-state index in [2.05, 4.69) is 28.2 Å². The molecular weight excluding hydrogens is 254 g/mol. The number of alkyl halides is 1. The number of nitrogens with one attached hydrogen (secondary N) is 1. The highest BCUT2D eigenvalue weighted by atomic mass is 79.9. The molecule has 0 spiro atoms. The van der Waals surface area contributed by atoms with Gasteiger partial charge < -0.3 is 5.32 Å². The lowest BCUT2D eigenvalue weighted by molar-refractivity contribution is -0.127. The first-order chi connectivity index (χ1) is 7.18. The van der Waals surface area contributed by atoms with Gasteiger partial charge in [-0.1, -0.05) is 35.7 Å². The average Bonchev–Trinajstić information content (AvgIpc) is 3.02. The van der Waals surface area contributed by atoms with Crippen molar-refractivity contribution < 1.29 is 4.79 Å². The third-order valence-corrected chi connectivity index (χ3v) is 5.11. The molecule has 86 valence electrons. The molecule has 0 heterocycles. The minimum absolute atomic E-state index is 0.0180. The normalized spacial score (nSPS) is 33.5. The lowest BCUT2D eigenvalue weighted by Crippen LogP contribution is -2.45. The zero-order valence-corrected chi connectivity index (χ0v) is 11.0. The number of hydrogen-bond acceptors (Lipinski definition) is 1. The predicted octanol–water partition coefficient (Wildman–Crippen LogP) is 3.00. The average molecular weight is 274 g/mol. The molecule has 0 aromatic rings. The smallest absolute Gasteiger partial charge is 0.226 e. The molecule has 0 aliphatic heterocycles. The Labute approximate surface area is 100 Å². The highest BCUT2D eigenvalue weighted by Gasteiger charge is 2.48. The summed E-state index contributed by atoms with van der Waals surface area (Å²) in [6.07, 6.45) is 8.07. The number of amides is 1. The van der Waals surface area contributed by atoms with Crippen molar-refractivity contribution in [1.82, 2.24) is 5.32 Å². The second kappa shape index (κ2) is 4.44. The molecule has 15 heavy (non-hydrogen) atoms. The minimum atomic E-state index is 0.0180. The van der Waals surface area contributed by atoms with Crippen molar-refractivity contribution in [1.29, 1.82) is 0 Å². The Morgan fingerprint density at radius 3 is 2.60 bits per heavy atom. The van der Waals surface area contributed by atoms with E-state index in [4.69, 9.17) is 0 Å². The molecule has 2 rings (SSSR count). The molecule has 3 heteroatoms. The predicted molar refractivity (Wildman–Crippen MR) is 65.1 cm³/mol. The van der Waals surface area contributed by atoms with Gasteiger partial charge in [0.15, 0.2) is 0 Å². The van der Waals surface area contributed by atoms with Gasteiger partial charge >= 0.3 is 0 Å². The van der Waals surface area contributed by atoms with Crippen LogP contribution in [0.3, 0.4) is 0 Å². The Hall–Kier alpha value is -0.0500. The minimum Gasteiger partial charge on any atom is -0.352 e. The number of carbonyl (C=O) groups excluding carboxylic acids is 1. The maximum atomic E-state index is 12.0. The molecule has 2 aliphatic rings. The van der Waals surface area contributed by atoms with E-state index in [1.165, 1.54) is 19.3 Å². The van der Waals surface area contributed by atoms with Gasteiger partial charge in [0.05, 0.1) is 0 Å². The molecule has 2 unspecified atom stereocenters. The third-order valence-electron chi connectivity index (χ3n) is 4.01. The summed E-state index contributed by atoms with van der Waals surface area (Å²) in [6, 6.07) is 0.371.